The van der Waals surface area contributed by atoms with Crippen LogP contribution in [0.5, 0.6) is 0 Å². The second-order valence-electron chi connectivity index (χ2n) is 4.52. The van der Waals surface area contributed by atoms with E-state index < -0.39 is 0 Å². The molecule has 2 unspecified atom stereocenters. The molecule has 2 bridgehead atoms. The summed E-state index contributed by atoms with van der Waals surface area (Å²) in [4.78, 5) is 11.5. The van der Waals surface area contributed by atoms with Gasteiger partial charge in [0.2, 0.25) is 0 Å². The Morgan fingerprint density at radius 1 is 1.54 bits per heavy atom. The first-order valence-electron chi connectivity index (χ1n) is 4.63. The second kappa shape index (κ2) is 2.47. The van der Waals surface area contributed by atoms with Gasteiger partial charge in [-0.15, -0.1) is 0 Å². The van der Waals surface area contributed by atoms with Gasteiger partial charge in [0.05, 0.1) is 6.26 Å². The maximum absolute atomic E-state index is 11.5. The lowest BCUT2D eigenvalue weighted by Gasteiger charge is -2.54. The van der Waals surface area contributed by atoms with Gasteiger partial charge in [-0.25, -0.2) is 0 Å². The minimum absolute atomic E-state index is 0.0979. The summed E-state index contributed by atoms with van der Waals surface area (Å²) in [7, 11) is 0. The molecule has 0 heterocycles. The van der Waals surface area contributed by atoms with Gasteiger partial charge < -0.3 is 5.11 Å². The molecule has 0 aliphatic heterocycles. The largest absolute Gasteiger partial charge is 0.516 e. The van der Waals surface area contributed by atoms with E-state index in [2.05, 4.69) is 13.8 Å². The maximum Gasteiger partial charge on any atom is 0.159 e. The van der Waals surface area contributed by atoms with Gasteiger partial charge in [0.1, 0.15) is 0 Å². The third-order valence-corrected chi connectivity index (χ3v) is 3.59. The number of aliphatic hydroxyl groups is 1. The summed E-state index contributed by atoms with van der Waals surface area (Å²) in [6.07, 6.45) is 5.30. The Labute approximate surface area is 78.0 Å². The van der Waals surface area contributed by atoms with E-state index in [0.717, 1.165) is 18.3 Å². The highest BCUT2D eigenvalue weighted by molar-refractivity contribution is 5.96. The molecule has 3 rings (SSSR count). The van der Waals surface area contributed by atoms with Gasteiger partial charge in [-0.2, -0.15) is 0 Å². The summed E-state index contributed by atoms with van der Waals surface area (Å²) >= 11 is 0. The van der Waals surface area contributed by atoms with E-state index in [0.29, 0.717) is 5.92 Å². The first kappa shape index (κ1) is 8.54. The molecule has 0 amide bonds. The van der Waals surface area contributed by atoms with E-state index in [9.17, 15) is 4.79 Å². The number of allylic oxidation sites excluding steroid dienone is 3. The van der Waals surface area contributed by atoms with E-state index in [4.69, 9.17) is 5.11 Å². The molecule has 0 aromatic carbocycles. The number of rotatable bonds is 1. The third kappa shape index (κ3) is 0.978. The summed E-state index contributed by atoms with van der Waals surface area (Å²) < 4.78 is 0. The summed E-state index contributed by atoms with van der Waals surface area (Å²) in [6, 6.07) is 0. The van der Waals surface area contributed by atoms with Crippen LogP contribution in [0.25, 0.3) is 0 Å². The minimum Gasteiger partial charge on any atom is -0.516 e. The van der Waals surface area contributed by atoms with Crippen LogP contribution in [-0.4, -0.2) is 10.9 Å². The van der Waals surface area contributed by atoms with Gasteiger partial charge >= 0.3 is 0 Å². The molecule has 0 saturated heterocycles. The van der Waals surface area contributed by atoms with E-state index in [1.54, 1.807) is 12.2 Å². The van der Waals surface area contributed by atoms with E-state index in [1.807, 2.05) is 0 Å². The van der Waals surface area contributed by atoms with Crippen LogP contribution in [0.15, 0.2) is 24.0 Å². The van der Waals surface area contributed by atoms with Crippen molar-refractivity contribution in [3.05, 3.63) is 24.0 Å². The number of aliphatic hydroxyl groups excluding tert-OH is 1. The third-order valence-electron chi connectivity index (χ3n) is 3.59. The number of ketones is 1. The number of hydrogen-bond donors (Lipinski definition) is 1. The standard InChI is InChI=1S/C11H14O2/c1-11(2)8-6-9(11)10(13)5-7(8)3-4-12/h3-5,8-9,12H,6H2,1-2H3/b4-3-. The maximum atomic E-state index is 11.5. The van der Waals surface area contributed by atoms with Crippen molar-refractivity contribution in [2.24, 2.45) is 17.3 Å². The molecule has 0 spiro atoms. The second-order valence-corrected chi connectivity index (χ2v) is 4.52. The predicted molar refractivity (Wildman–Crippen MR) is 50.2 cm³/mol. The Morgan fingerprint density at radius 3 is 2.69 bits per heavy atom. The molecule has 2 heteroatoms. The summed E-state index contributed by atoms with van der Waals surface area (Å²) in [5, 5.41) is 8.68. The molecular weight excluding hydrogens is 164 g/mol. The fraction of sp³-hybridized carbons (Fsp3) is 0.545. The molecule has 2 atom stereocenters. The van der Waals surface area contributed by atoms with Crippen molar-refractivity contribution in [2.75, 3.05) is 0 Å². The van der Waals surface area contributed by atoms with Gasteiger partial charge in [0.15, 0.2) is 5.78 Å². The average molecular weight is 178 g/mol. The summed E-state index contributed by atoms with van der Waals surface area (Å²) in [5.74, 6) is 0.896. The van der Waals surface area contributed by atoms with Crippen LogP contribution < -0.4 is 0 Å². The lowest BCUT2D eigenvalue weighted by Crippen LogP contribution is -2.52. The molecular formula is C11H14O2. The van der Waals surface area contributed by atoms with Gasteiger partial charge in [-0.3, -0.25) is 4.79 Å². The lowest BCUT2D eigenvalue weighted by atomic mass is 9.48. The Morgan fingerprint density at radius 2 is 2.23 bits per heavy atom. The monoisotopic (exact) mass is 178 g/mol. The van der Waals surface area contributed by atoms with Crippen molar-refractivity contribution in [1.29, 1.82) is 0 Å². The summed E-state index contributed by atoms with van der Waals surface area (Å²) in [6.45, 7) is 4.25. The first-order valence-corrected chi connectivity index (χ1v) is 4.63. The Bertz CT molecular complexity index is 310. The molecule has 1 N–H and O–H groups in total. The van der Waals surface area contributed by atoms with E-state index in [1.165, 1.54) is 0 Å². The predicted octanol–water partition coefficient (Wildman–Crippen LogP) is 2.23. The normalized spacial score (nSPS) is 35.8. The zero-order valence-electron chi connectivity index (χ0n) is 7.95. The van der Waals surface area contributed by atoms with Crippen LogP contribution >= 0.6 is 0 Å². The molecule has 2 nitrogen and oxygen atoms in total. The number of fused-ring (bicyclic) bond motifs is 1. The number of hydrogen-bond acceptors (Lipinski definition) is 2. The van der Waals surface area contributed by atoms with Crippen LogP contribution in [0.4, 0.5) is 0 Å². The van der Waals surface area contributed by atoms with Crippen molar-refractivity contribution in [3.63, 3.8) is 0 Å². The number of carbonyl (C=O) groups excluding carboxylic acids is 1. The molecule has 1 saturated carbocycles. The van der Waals surface area contributed by atoms with Crippen molar-refractivity contribution in [2.45, 2.75) is 20.3 Å². The van der Waals surface area contributed by atoms with Crippen LogP contribution in [0.1, 0.15) is 20.3 Å². The van der Waals surface area contributed by atoms with Gasteiger partial charge in [-0.1, -0.05) is 13.8 Å². The highest BCUT2D eigenvalue weighted by atomic mass is 16.2. The molecule has 3 aliphatic rings. The molecule has 13 heavy (non-hydrogen) atoms. The quantitative estimate of drug-likeness (QED) is 0.625. The number of carbonyl (C=O) groups is 1. The Balaban J connectivity index is 2.36. The molecule has 0 aromatic heterocycles. The van der Waals surface area contributed by atoms with Crippen LogP contribution in [0, 0.1) is 17.3 Å². The van der Waals surface area contributed by atoms with Crippen molar-refractivity contribution in [1.82, 2.24) is 0 Å². The molecule has 3 aliphatic carbocycles. The van der Waals surface area contributed by atoms with Crippen molar-refractivity contribution in [3.8, 4) is 0 Å². The van der Waals surface area contributed by atoms with Gasteiger partial charge in [0.25, 0.3) is 0 Å². The van der Waals surface area contributed by atoms with Crippen LogP contribution in [0.2, 0.25) is 0 Å². The average Bonchev–Trinajstić information content (AvgIpc) is 2.03. The van der Waals surface area contributed by atoms with Crippen molar-refractivity contribution >= 4 is 5.78 Å². The van der Waals surface area contributed by atoms with Crippen molar-refractivity contribution < 1.29 is 9.90 Å². The van der Waals surface area contributed by atoms with E-state index in [-0.39, 0.29) is 17.1 Å². The van der Waals surface area contributed by atoms with Crippen LogP contribution in [0.3, 0.4) is 0 Å². The molecule has 70 valence electrons. The summed E-state index contributed by atoms with van der Waals surface area (Å²) in [5.41, 5.74) is 1.08. The fourth-order valence-corrected chi connectivity index (χ4v) is 2.59. The highest BCUT2D eigenvalue weighted by Gasteiger charge is 2.54. The topological polar surface area (TPSA) is 37.3 Å². The smallest absolute Gasteiger partial charge is 0.159 e. The zero-order chi connectivity index (χ0) is 9.64. The SMILES string of the molecule is CC1(C)C2CC1C(/C=C\O)=CC2=O. The minimum atomic E-state index is 0.0979. The highest BCUT2D eigenvalue weighted by Crippen LogP contribution is 2.57. The fourth-order valence-electron chi connectivity index (χ4n) is 2.59. The van der Waals surface area contributed by atoms with Gasteiger partial charge in [0, 0.05) is 5.92 Å². The Hall–Kier alpha value is -1.05. The Kier molecular flexibility index (Phi) is 1.62. The van der Waals surface area contributed by atoms with E-state index >= 15 is 0 Å². The lowest BCUT2D eigenvalue weighted by molar-refractivity contribution is -0.133. The molecule has 0 radical (unpaired) electrons. The van der Waals surface area contributed by atoms with Gasteiger partial charge in [-0.05, 0) is 35.5 Å². The molecule has 0 aromatic rings. The van der Waals surface area contributed by atoms with Crippen LogP contribution in [-0.2, 0) is 4.79 Å². The zero-order valence-corrected chi connectivity index (χ0v) is 7.95. The first-order chi connectivity index (χ1) is 6.07. The molecule has 1 fully saturated rings.